The normalized spacial score (nSPS) is 10.3. The van der Waals surface area contributed by atoms with Gasteiger partial charge in [-0.2, -0.15) is 0 Å². The van der Waals surface area contributed by atoms with E-state index in [1.165, 1.54) is 11.3 Å². The Morgan fingerprint density at radius 2 is 1.96 bits per heavy atom. The lowest BCUT2D eigenvalue weighted by Gasteiger charge is -2.11. The van der Waals surface area contributed by atoms with E-state index in [2.05, 4.69) is 15.3 Å². The maximum atomic E-state index is 12.1. The molecular formula is C19H19N3O3S. The van der Waals surface area contributed by atoms with Gasteiger partial charge in [-0.1, -0.05) is 12.1 Å². The Kier molecular flexibility index (Phi) is 6.16. The first-order chi connectivity index (χ1) is 12.8. The Morgan fingerprint density at radius 3 is 2.69 bits per heavy atom. The highest BCUT2D eigenvalue weighted by Gasteiger charge is 2.09. The molecule has 0 unspecified atom stereocenters. The molecule has 0 radical (unpaired) electrons. The Labute approximate surface area is 155 Å². The van der Waals surface area contributed by atoms with E-state index < -0.39 is 0 Å². The number of pyridine rings is 1. The van der Waals surface area contributed by atoms with Crippen molar-refractivity contribution in [2.45, 2.75) is 13.3 Å². The molecular weight excluding hydrogens is 350 g/mol. The largest absolute Gasteiger partial charge is 0.490 e. The standard InChI is InChI=1S/C19H19N3O3S/c1-2-24-16-7-3-4-8-17(16)25-11-9-18(23)22-19-21-15(13-26-19)14-6-5-10-20-12-14/h3-8,10,12-13H,2,9,11H2,1H3,(H,21,22,23). The van der Waals surface area contributed by atoms with Crippen molar-refractivity contribution in [3.05, 3.63) is 54.2 Å². The molecule has 134 valence electrons. The van der Waals surface area contributed by atoms with Gasteiger partial charge in [0, 0.05) is 23.3 Å². The van der Waals surface area contributed by atoms with Crippen LogP contribution in [0, 0.1) is 0 Å². The van der Waals surface area contributed by atoms with Crippen LogP contribution in [0.25, 0.3) is 11.3 Å². The first-order valence-electron chi connectivity index (χ1n) is 8.26. The van der Waals surface area contributed by atoms with Gasteiger partial charge in [0.25, 0.3) is 0 Å². The van der Waals surface area contributed by atoms with Gasteiger partial charge in [-0.05, 0) is 31.2 Å². The van der Waals surface area contributed by atoms with Crippen molar-refractivity contribution in [3.63, 3.8) is 0 Å². The van der Waals surface area contributed by atoms with E-state index >= 15 is 0 Å². The molecule has 0 atom stereocenters. The highest BCUT2D eigenvalue weighted by molar-refractivity contribution is 7.14. The number of carbonyl (C=O) groups is 1. The van der Waals surface area contributed by atoms with Gasteiger partial charge < -0.3 is 14.8 Å². The van der Waals surface area contributed by atoms with Crippen LogP contribution in [0.4, 0.5) is 5.13 Å². The summed E-state index contributed by atoms with van der Waals surface area (Å²) >= 11 is 1.38. The molecule has 6 nitrogen and oxygen atoms in total. The van der Waals surface area contributed by atoms with E-state index in [0.717, 1.165) is 11.3 Å². The average Bonchev–Trinajstić information content (AvgIpc) is 3.12. The van der Waals surface area contributed by atoms with Crippen molar-refractivity contribution >= 4 is 22.4 Å². The lowest BCUT2D eigenvalue weighted by atomic mass is 10.2. The third-order valence-corrected chi connectivity index (χ3v) is 4.20. The number of para-hydroxylation sites is 2. The molecule has 2 aromatic heterocycles. The summed E-state index contributed by atoms with van der Waals surface area (Å²) in [4.78, 5) is 20.6. The molecule has 1 amide bonds. The number of anilines is 1. The summed E-state index contributed by atoms with van der Waals surface area (Å²) < 4.78 is 11.2. The SMILES string of the molecule is CCOc1ccccc1OCCC(=O)Nc1nc(-c2cccnc2)cs1. The molecule has 7 heteroatoms. The van der Waals surface area contributed by atoms with Gasteiger partial charge >= 0.3 is 0 Å². The van der Waals surface area contributed by atoms with Crippen LogP contribution in [0.2, 0.25) is 0 Å². The summed E-state index contributed by atoms with van der Waals surface area (Å²) in [5, 5.41) is 5.24. The molecule has 3 aromatic rings. The van der Waals surface area contributed by atoms with Crippen LogP contribution in [0.1, 0.15) is 13.3 Å². The van der Waals surface area contributed by atoms with Crippen molar-refractivity contribution in [1.82, 2.24) is 9.97 Å². The minimum absolute atomic E-state index is 0.147. The van der Waals surface area contributed by atoms with Crippen LogP contribution in [0.5, 0.6) is 11.5 Å². The van der Waals surface area contributed by atoms with Crippen molar-refractivity contribution in [2.24, 2.45) is 0 Å². The van der Waals surface area contributed by atoms with E-state index in [9.17, 15) is 4.79 Å². The molecule has 0 aliphatic rings. The highest BCUT2D eigenvalue weighted by atomic mass is 32.1. The van der Waals surface area contributed by atoms with Crippen molar-refractivity contribution in [3.8, 4) is 22.8 Å². The van der Waals surface area contributed by atoms with Gasteiger partial charge in [0.05, 0.1) is 25.3 Å². The minimum atomic E-state index is -0.147. The first kappa shape index (κ1) is 17.9. The van der Waals surface area contributed by atoms with E-state index in [4.69, 9.17) is 9.47 Å². The minimum Gasteiger partial charge on any atom is -0.490 e. The lowest BCUT2D eigenvalue weighted by molar-refractivity contribution is -0.116. The van der Waals surface area contributed by atoms with Crippen LogP contribution in [0.3, 0.4) is 0 Å². The predicted molar refractivity (Wildman–Crippen MR) is 102 cm³/mol. The van der Waals surface area contributed by atoms with E-state index in [0.29, 0.717) is 23.2 Å². The van der Waals surface area contributed by atoms with Gasteiger partial charge in [0.1, 0.15) is 0 Å². The Balaban J connectivity index is 1.50. The molecule has 0 saturated carbocycles. The second-order valence-corrected chi connectivity index (χ2v) is 6.16. The molecule has 1 aromatic carbocycles. The van der Waals surface area contributed by atoms with Gasteiger partial charge in [0.2, 0.25) is 5.91 Å². The molecule has 0 aliphatic heterocycles. The van der Waals surface area contributed by atoms with E-state index in [1.807, 2.05) is 48.7 Å². The predicted octanol–water partition coefficient (Wildman–Crippen LogP) is 4.01. The zero-order chi connectivity index (χ0) is 18.2. The first-order valence-corrected chi connectivity index (χ1v) is 9.14. The summed E-state index contributed by atoms with van der Waals surface area (Å²) in [6, 6.07) is 11.2. The third-order valence-electron chi connectivity index (χ3n) is 3.44. The number of ether oxygens (including phenoxy) is 2. The summed E-state index contributed by atoms with van der Waals surface area (Å²) in [6.45, 7) is 2.74. The lowest BCUT2D eigenvalue weighted by Crippen LogP contribution is -2.15. The molecule has 0 spiro atoms. The van der Waals surface area contributed by atoms with E-state index in [-0.39, 0.29) is 18.9 Å². The molecule has 2 heterocycles. The Morgan fingerprint density at radius 1 is 1.15 bits per heavy atom. The summed E-state index contributed by atoms with van der Waals surface area (Å²) in [7, 11) is 0. The number of rotatable bonds is 8. The van der Waals surface area contributed by atoms with Crippen LogP contribution >= 0.6 is 11.3 Å². The van der Waals surface area contributed by atoms with Gasteiger partial charge in [-0.25, -0.2) is 4.98 Å². The number of nitrogens with zero attached hydrogens (tertiary/aromatic N) is 2. The Bertz CT molecular complexity index is 852. The maximum Gasteiger partial charge on any atom is 0.229 e. The molecule has 3 rings (SSSR count). The Hall–Kier alpha value is -2.93. The monoisotopic (exact) mass is 369 g/mol. The molecule has 0 saturated heterocycles. The second-order valence-electron chi connectivity index (χ2n) is 5.31. The molecule has 0 fully saturated rings. The van der Waals surface area contributed by atoms with Crippen LogP contribution in [0.15, 0.2) is 54.2 Å². The number of amides is 1. The summed E-state index contributed by atoms with van der Waals surface area (Å²) in [5.74, 6) is 1.16. The number of hydrogen-bond acceptors (Lipinski definition) is 6. The number of aromatic nitrogens is 2. The molecule has 1 N–H and O–H groups in total. The van der Waals surface area contributed by atoms with Crippen molar-refractivity contribution in [2.75, 3.05) is 18.5 Å². The summed E-state index contributed by atoms with van der Waals surface area (Å²) in [6.07, 6.45) is 3.68. The van der Waals surface area contributed by atoms with Gasteiger partial charge in [-0.3, -0.25) is 9.78 Å². The van der Waals surface area contributed by atoms with Crippen LogP contribution in [-0.2, 0) is 4.79 Å². The number of thiazole rings is 1. The number of nitrogens with one attached hydrogen (secondary N) is 1. The fourth-order valence-corrected chi connectivity index (χ4v) is 2.99. The van der Waals surface area contributed by atoms with Gasteiger partial charge in [0.15, 0.2) is 16.6 Å². The zero-order valence-corrected chi connectivity index (χ0v) is 15.2. The number of carbonyl (C=O) groups excluding carboxylic acids is 1. The number of hydrogen-bond donors (Lipinski definition) is 1. The molecule has 26 heavy (non-hydrogen) atoms. The third kappa shape index (κ3) is 4.80. The van der Waals surface area contributed by atoms with Crippen LogP contribution < -0.4 is 14.8 Å². The topological polar surface area (TPSA) is 73.3 Å². The van der Waals surface area contributed by atoms with Crippen LogP contribution in [-0.4, -0.2) is 29.1 Å². The highest BCUT2D eigenvalue weighted by Crippen LogP contribution is 2.27. The molecule has 0 bridgehead atoms. The maximum absolute atomic E-state index is 12.1. The quantitative estimate of drug-likeness (QED) is 0.649. The smallest absolute Gasteiger partial charge is 0.229 e. The van der Waals surface area contributed by atoms with E-state index in [1.54, 1.807) is 12.4 Å². The fourth-order valence-electron chi connectivity index (χ4n) is 2.26. The summed E-state index contributed by atoms with van der Waals surface area (Å²) in [5.41, 5.74) is 1.71. The fraction of sp³-hybridized carbons (Fsp3) is 0.211. The van der Waals surface area contributed by atoms with Crippen molar-refractivity contribution < 1.29 is 14.3 Å². The second kappa shape index (κ2) is 8.96. The average molecular weight is 369 g/mol. The molecule has 0 aliphatic carbocycles. The zero-order valence-electron chi connectivity index (χ0n) is 14.3. The number of benzene rings is 1. The van der Waals surface area contributed by atoms with Crippen molar-refractivity contribution in [1.29, 1.82) is 0 Å². The van der Waals surface area contributed by atoms with Gasteiger partial charge in [-0.15, -0.1) is 11.3 Å².